The van der Waals surface area contributed by atoms with Crippen molar-refractivity contribution in [2.24, 2.45) is 0 Å². The molecule has 0 aliphatic carbocycles. The Morgan fingerprint density at radius 1 is 0.556 bits per heavy atom. The molecule has 0 aliphatic heterocycles. The molecule has 27 heavy (non-hydrogen) atoms. The molecule has 0 fully saturated rings. The second-order valence-corrected chi connectivity index (χ2v) is 6.48. The summed E-state index contributed by atoms with van der Waals surface area (Å²) in [5.41, 5.74) is 6.68. The summed E-state index contributed by atoms with van der Waals surface area (Å²) in [5, 5.41) is 18.6. The summed E-state index contributed by atoms with van der Waals surface area (Å²) >= 11 is 10.2. The average molecular weight is 395 g/mol. The molecule has 0 aromatic heterocycles. The smallest absolute Gasteiger partial charge is 0.194 e. The lowest BCUT2D eigenvalue weighted by atomic mass is 10.1. The van der Waals surface area contributed by atoms with Gasteiger partial charge >= 0.3 is 0 Å². The number of para-hydroxylation sites is 1. The Morgan fingerprint density at radius 3 is 1.41 bits per heavy atom. The molecular weight excluding hydrogens is 376 g/mol. The fraction of sp³-hybridized carbons (Fsp3) is 0. The Kier molecular flexibility index (Phi) is 6.32. The molecular formula is C20H18N4OS2. The van der Waals surface area contributed by atoms with Crippen molar-refractivity contribution in [1.29, 1.82) is 0 Å². The summed E-state index contributed by atoms with van der Waals surface area (Å²) in [6.45, 7) is 0. The Balaban J connectivity index is 1.61. The van der Waals surface area contributed by atoms with Crippen molar-refractivity contribution in [3.63, 3.8) is 0 Å². The van der Waals surface area contributed by atoms with Crippen molar-refractivity contribution in [3.05, 3.63) is 78.9 Å². The number of thiocarbonyl (C=S) groups is 2. The topological polar surface area (TPSA) is 68.3 Å². The van der Waals surface area contributed by atoms with E-state index in [2.05, 4.69) is 16.0 Å². The van der Waals surface area contributed by atoms with E-state index in [9.17, 15) is 0 Å². The molecule has 0 saturated carbocycles. The zero-order valence-electron chi connectivity index (χ0n) is 14.3. The largest absolute Gasteiger partial charge is 0.332 e. The number of hydrogen-bond donors (Lipinski definition) is 5. The fourth-order valence-electron chi connectivity index (χ4n) is 2.47. The number of hydroxylamine groups is 1. The van der Waals surface area contributed by atoms with E-state index in [-0.39, 0.29) is 5.11 Å². The van der Waals surface area contributed by atoms with Crippen LogP contribution in [0.5, 0.6) is 0 Å². The minimum Gasteiger partial charge on any atom is -0.332 e. The predicted octanol–water partition coefficient (Wildman–Crippen LogP) is 4.84. The van der Waals surface area contributed by atoms with Gasteiger partial charge in [0.2, 0.25) is 0 Å². The molecule has 0 heterocycles. The third-order valence-corrected chi connectivity index (χ3v) is 4.15. The first-order chi connectivity index (χ1) is 13.1. The highest BCUT2D eigenvalue weighted by Gasteiger charge is 2.02. The number of anilines is 3. The maximum Gasteiger partial charge on any atom is 0.194 e. The molecule has 0 spiro atoms. The molecule has 3 rings (SSSR count). The summed E-state index contributed by atoms with van der Waals surface area (Å²) < 4.78 is 0. The third kappa shape index (κ3) is 5.49. The number of benzene rings is 3. The molecule has 7 heteroatoms. The Morgan fingerprint density at radius 2 is 0.963 bits per heavy atom. The van der Waals surface area contributed by atoms with Gasteiger partial charge in [-0.3, -0.25) is 5.21 Å². The molecule has 3 aromatic carbocycles. The Hall–Kier alpha value is -3.00. The lowest BCUT2D eigenvalue weighted by Gasteiger charge is -2.11. The normalized spacial score (nSPS) is 9.96. The summed E-state index contributed by atoms with van der Waals surface area (Å²) in [6.07, 6.45) is 0. The average Bonchev–Trinajstić information content (AvgIpc) is 2.70. The van der Waals surface area contributed by atoms with Gasteiger partial charge in [0.15, 0.2) is 10.2 Å². The monoisotopic (exact) mass is 394 g/mol. The first-order valence-electron chi connectivity index (χ1n) is 8.19. The van der Waals surface area contributed by atoms with Gasteiger partial charge in [0, 0.05) is 17.1 Å². The zero-order valence-corrected chi connectivity index (χ0v) is 15.9. The lowest BCUT2D eigenvalue weighted by Crippen LogP contribution is -2.24. The van der Waals surface area contributed by atoms with Crippen molar-refractivity contribution in [1.82, 2.24) is 5.48 Å². The van der Waals surface area contributed by atoms with E-state index in [1.807, 2.05) is 84.3 Å². The van der Waals surface area contributed by atoms with E-state index in [4.69, 9.17) is 29.6 Å². The van der Waals surface area contributed by atoms with Gasteiger partial charge in [0.25, 0.3) is 0 Å². The first-order valence-corrected chi connectivity index (χ1v) is 9.00. The van der Waals surface area contributed by atoms with Gasteiger partial charge in [-0.05, 0) is 72.0 Å². The van der Waals surface area contributed by atoms with E-state index in [1.165, 1.54) is 0 Å². The minimum atomic E-state index is 0.151. The van der Waals surface area contributed by atoms with E-state index >= 15 is 0 Å². The SMILES string of the molecule is ONC(=S)Nc1ccc(-c2ccc(NC(=S)Nc3ccccc3)cc2)cc1. The molecule has 0 radical (unpaired) electrons. The molecule has 0 aliphatic rings. The van der Waals surface area contributed by atoms with Gasteiger partial charge in [-0.1, -0.05) is 42.5 Å². The van der Waals surface area contributed by atoms with Gasteiger partial charge in [0.1, 0.15) is 0 Å². The van der Waals surface area contributed by atoms with Gasteiger partial charge in [-0.2, -0.15) is 0 Å². The minimum absolute atomic E-state index is 0.151. The summed E-state index contributed by atoms with van der Waals surface area (Å²) in [4.78, 5) is 0. The molecule has 136 valence electrons. The number of rotatable bonds is 4. The van der Waals surface area contributed by atoms with E-state index < -0.39 is 0 Å². The molecule has 0 bridgehead atoms. The predicted molar refractivity (Wildman–Crippen MR) is 119 cm³/mol. The lowest BCUT2D eigenvalue weighted by molar-refractivity contribution is 0.237. The highest BCUT2D eigenvalue weighted by Crippen LogP contribution is 2.23. The third-order valence-electron chi connectivity index (χ3n) is 3.75. The van der Waals surface area contributed by atoms with Crippen LogP contribution in [0.25, 0.3) is 11.1 Å². The standard InChI is InChI=1S/C20H18N4OS2/c25-24-20(27)23-18-12-8-15(9-13-18)14-6-10-17(11-7-14)22-19(26)21-16-4-2-1-3-5-16/h1-13,25H,(H2,21,22,26)(H2,23,24,27). The highest BCUT2D eigenvalue weighted by atomic mass is 32.1. The van der Waals surface area contributed by atoms with Crippen LogP contribution in [0.2, 0.25) is 0 Å². The zero-order chi connectivity index (χ0) is 19.1. The molecule has 0 saturated heterocycles. The molecule has 0 atom stereocenters. The molecule has 5 nitrogen and oxygen atoms in total. The number of hydrogen-bond acceptors (Lipinski definition) is 3. The van der Waals surface area contributed by atoms with Crippen LogP contribution >= 0.6 is 24.4 Å². The van der Waals surface area contributed by atoms with Crippen LogP contribution in [0.1, 0.15) is 0 Å². The molecule has 0 amide bonds. The Bertz CT molecular complexity index is 913. The maximum absolute atomic E-state index is 8.73. The maximum atomic E-state index is 8.73. The van der Waals surface area contributed by atoms with Gasteiger partial charge in [0.05, 0.1) is 0 Å². The quantitative estimate of drug-likeness (QED) is 0.320. The fourth-order valence-corrected chi connectivity index (χ4v) is 2.82. The highest BCUT2D eigenvalue weighted by molar-refractivity contribution is 7.80. The van der Waals surface area contributed by atoms with Gasteiger partial charge < -0.3 is 16.0 Å². The van der Waals surface area contributed by atoms with Crippen LogP contribution in [0.4, 0.5) is 17.1 Å². The summed E-state index contributed by atoms with van der Waals surface area (Å²) in [5.74, 6) is 0. The summed E-state index contributed by atoms with van der Waals surface area (Å²) in [7, 11) is 0. The van der Waals surface area contributed by atoms with Crippen LogP contribution in [0, 0.1) is 0 Å². The van der Waals surface area contributed by atoms with E-state index in [1.54, 1.807) is 0 Å². The van der Waals surface area contributed by atoms with E-state index in [0.717, 1.165) is 28.2 Å². The van der Waals surface area contributed by atoms with Crippen molar-refractivity contribution >= 4 is 51.7 Å². The van der Waals surface area contributed by atoms with Crippen molar-refractivity contribution < 1.29 is 5.21 Å². The van der Waals surface area contributed by atoms with Gasteiger partial charge in [-0.25, -0.2) is 5.48 Å². The van der Waals surface area contributed by atoms with Crippen LogP contribution in [0.15, 0.2) is 78.9 Å². The molecule has 5 N–H and O–H groups in total. The summed E-state index contributed by atoms with van der Waals surface area (Å²) in [6, 6.07) is 25.5. The second kappa shape index (κ2) is 9.09. The van der Waals surface area contributed by atoms with Crippen LogP contribution in [-0.2, 0) is 0 Å². The van der Waals surface area contributed by atoms with Crippen LogP contribution in [-0.4, -0.2) is 15.4 Å². The number of nitrogens with one attached hydrogen (secondary N) is 4. The molecule has 0 unspecified atom stereocenters. The van der Waals surface area contributed by atoms with Crippen LogP contribution < -0.4 is 21.4 Å². The van der Waals surface area contributed by atoms with E-state index in [0.29, 0.717) is 5.11 Å². The van der Waals surface area contributed by atoms with Crippen molar-refractivity contribution in [3.8, 4) is 11.1 Å². The first kappa shape index (κ1) is 18.8. The van der Waals surface area contributed by atoms with Crippen LogP contribution in [0.3, 0.4) is 0 Å². The second-order valence-electron chi connectivity index (χ2n) is 5.67. The van der Waals surface area contributed by atoms with Crippen molar-refractivity contribution in [2.45, 2.75) is 0 Å². The Labute approximate surface area is 168 Å². The van der Waals surface area contributed by atoms with Gasteiger partial charge in [-0.15, -0.1) is 0 Å². The van der Waals surface area contributed by atoms with Crippen molar-refractivity contribution in [2.75, 3.05) is 16.0 Å². The molecule has 3 aromatic rings.